The second kappa shape index (κ2) is 6.04. The van der Waals surface area contributed by atoms with Crippen molar-refractivity contribution in [1.29, 1.82) is 0 Å². The first-order valence-electron chi connectivity index (χ1n) is 9.62. The van der Waals surface area contributed by atoms with E-state index in [0.717, 1.165) is 42.8 Å². The Kier molecular flexibility index (Phi) is 4.01. The van der Waals surface area contributed by atoms with E-state index >= 15 is 0 Å². The summed E-state index contributed by atoms with van der Waals surface area (Å²) >= 11 is 0. The first-order chi connectivity index (χ1) is 12.7. The smallest absolute Gasteiger partial charge is 0.289 e. The van der Waals surface area contributed by atoms with E-state index in [1.165, 1.54) is 0 Å². The molecule has 1 fully saturated rings. The lowest BCUT2D eigenvalue weighted by Gasteiger charge is -2.39. The van der Waals surface area contributed by atoms with Crippen LogP contribution < -0.4 is 5.56 Å². The molecule has 0 radical (unpaired) electrons. The fourth-order valence-corrected chi connectivity index (χ4v) is 4.34. The number of aryl methyl sites for hydroxylation is 1. The first-order valence-corrected chi connectivity index (χ1v) is 9.62. The standard InChI is InChI=1S/C20H27N5O2/c1-19(2,3)18-22-14-13(16(26)23-18)5-6-20(14)7-10-25(11-8-20)17(27)15-21-9-12-24(15)4/h9,12H,5-8,10-11H2,1-4H3,(H,22,23,26). The zero-order valence-electron chi connectivity index (χ0n) is 16.5. The summed E-state index contributed by atoms with van der Waals surface area (Å²) in [4.78, 5) is 39.3. The number of hydrogen-bond donors (Lipinski definition) is 1. The van der Waals surface area contributed by atoms with Gasteiger partial charge in [0.25, 0.3) is 11.5 Å². The summed E-state index contributed by atoms with van der Waals surface area (Å²) in [6, 6.07) is 0. The molecule has 0 atom stereocenters. The molecule has 4 rings (SSSR count). The highest BCUT2D eigenvalue weighted by molar-refractivity contribution is 5.90. The normalized spacial score (nSPS) is 18.7. The highest BCUT2D eigenvalue weighted by Gasteiger charge is 2.45. The van der Waals surface area contributed by atoms with Gasteiger partial charge < -0.3 is 14.5 Å². The van der Waals surface area contributed by atoms with Gasteiger partial charge in [0.15, 0.2) is 5.82 Å². The van der Waals surface area contributed by atoms with Crippen LogP contribution in [-0.2, 0) is 24.3 Å². The van der Waals surface area contributed by atoms with Crippen molar-refractivity contribution < 1.29 is 4.79 Å². The zero-order valence-corrected chi connectivity index (χ0v) is 16.5. The van der Waals surface area contributed by atoms with Crippen molar-refractivity contribution in [2.75, 3.05) is 13.1 Å². The SMILES string of the molecule is Cn1ccnc1C(=O)N1CCC2(CCc3c2nc(C(C)(C)C)[nH]c3=O)CC1. The Hall–Kier alpha value is -2.44. The topological polar surface area (TPSA) is 83.9 Å². The van der Waals surface area contributed by atoms with Gasteiger partial charge in [-0.05, 0) is 25.7 Å². The molecule has 1 aliphatic carbocycles. The summed E-state index contributed by atoms with van der Waals surface area (Å²) < 4.78 is 1.76. The lowest BCUT2D eigenvalue weighted by atomic mass is 9.76. The highest BCUT2D eigenvalue weighted by Crippen LogP contribution is 2.44. The van der Waals surface area contributed by atoms with E-state index in [1.807, 2.05) is 11.9 Å². The average Bonchev–Trinajstić information content (AvgIpc) is 3.19. The van der Waals surface area contributed by atoms with Crippen LogP contribution in [0, 0.1) is 0 Å². The monoisotopic (exact) mass is 369 g/mol. The Labute approximate surface area is 158 Å². The molecule has 1 amide bonds. The maximum atomic E-state index is 12.7. The van der Waals surface area contributed by atoms with E-state index in [2.05, 4.69) is 30.7 Å². The molecule has 1 N–H and O–H groups in total. The van der Waals surface area contributed by atoms with Gasteiger partial charge in [0.1, 0.15) is 5.82 Å². The minimum absolute atomic E-state index is 0.00770. The van der Waals surface area contributed by atoms with Crippen LogP contribution in [0.25, 0.3) is 0 Å². The number of carbonyl (C=O) groups excluding carboxylic acids is 1. The van der Waals surface area contributed by atoms with Crippen molar-refractivity contribution >= 4 is 5.91 Å². The van der Waals surface area contributed by atoms with E-state index in [9.17, 15) is 9.59 Å². The van der Waals surface area contributed by atoms with E-state index < -0.39 is 0 Å². The third-order valence-corrected chi connectivity index (χ3v) is 6.10. The van der Waals surface area contributed by atoms with Gasteiger partial charge >= 0.3 is 0 Å². The van der Waals surface area contributed by atoms with Gasteiger partial charge in [-0.3, -0.25) is 9.59 Å². The lowest BCUT2D eigenvalue weighted by Crippen LogP contribution is -2.45. The van der Waals surface area contributed by atoms with E-state index in [4.69, 9.17) is 4.98 Å². The van der Waals surface area contributed by atoms with Crippen LogP contribution in [0.1, 0.15) is 67.7 Å². The van der Waals surface area contributed by atoms with Gasteiger partial charge in [0.05, 0.1) is 5.69 Å². The summed E-state index contributed by atoms with van der Waals surface area (Å²) in [5.74, 6) is 1.20. The molecule has 2 aliphatic rings. The Bertz CT molecular complexity index is 942. The summed E-state index contributed by atoms with van der Waals surface area (Å²) in [6.07, 6.45) is 6.84. The first kappa shape index (κ1) is 17.9. The molecule has 0 unspecified atom stereocenters. The zero-order chi connectivity index (χ0) is 19.4. The van der Waals surface area contributed by atoms with Gasteiger partial charge in [-0.25, -0.2) is 9.97 Å². The van der Waals surface area contributed by atoms with Gasteiger partial charge in [0.2, 0.25) is 0 Å². The fourth-order valence-electron chi connectivity index (χ4n) is 4.34. The maximum Gasteiger partial charge on any atom is 0.289 e. The molecular weight excluding hydrogens is 342 g/mol. The van der Waals surface area contributed by atoms with Crippen LogP contribution in [0.4, 0.5) is 0 Å². The van der Waals surface area contributed by atoms with Crippen LogP contribution in [0.2, 0.25) is 0 Å². The molecule has 0 saturated carbocycles. The molecule has 144 valence electrons. The predicted molar refractivity (Wildman–Crippen MR) is 102 cm³/mol. The summed E-state index contributed by atoms with van der Waals surface area (Å²) in [5.41, 5.74) is 1.54. The maximum absolute atomic E-state index is 12.7. The van der Waals surface area contributed by atoms with Crippen molar-refractivity contribution in [1.82, 2.24) is 24.4 Å². The number of likely N-dealkylation sites (tertiary alicyclic amines) is 1. The second-order valence-corrected chi connectivity index (χ2v) is 8.93. The molecule has 1 spiro atoms. The minimum atomic E-state index is -0.202. The molecule has 2 aromatic rings. The Morgan fingerprint density at radius 3 is 2.52 bits per heavy atom. The fraction of sp³-hybridized carbons (Fsp3) is 0.600. The number of aromatic nitrogens is 4. The average molecular weight is 369 g/mol. The van der Waals surface area contributed by atoms with E-state index in [1.54, 1.807) is 17.0 Å². The van der Waals surface area contributed by atoms with Crippen LogP contribution in [0.5, 0.6) is 0 Å². The molecule has 7 heteroatoms. The van der Waals surface area contributed by atoms with Gasteiger partial charge in [-0.2, -0.15) is 0 Å². The predicted octanol–water partition coefficient (Wildman–Crippen LogP) is 1.92. The Morgan fingerprint density at radius 2 is 1.93 bits per heavy atom. The molecule has 0 aromatic carbocycles. The van der Waals surface area contributed by atoms with E-state index in [-0.39, 0.29) is 22.3 Å². The molecule has 7 nitrogen and oxygen atoms in total. The lowest BCUT2D eigenvalue weighted by molar-refractivity contribution is 0.0647. The van der Waals surface area contributed by atoms with Crippen molar-refractivity contribution in [2.45, 2.75) is 57.3 Å². The minimum Gasteiger partial charge on any atom is -0.336 e. The van der Waals surface area contributed by atoms with E-state index in [0.29, 0.717) is 18.9 Å². The second-order valence-electron chi connectivity index (χ2n) is 8.93. The summed E-state index contributed by atoms with van der Waals surface area (Å²) in [5, 5.41) is 0. The Balaban J connectivity index is 1.60. The number of amides is 1. The quantitative estimate of drug-likeness (QED) is 0.832. The van der Waals surface area contributed by atoms with Crippen molar-refractivity contribution in [2.24, 2.45) is 7.05 Å². The number of fused-ring (bicyclic) bond motifs is 2. The summed E-state index contributed by atoms with van der Waals surface area (Å²) in [6.45, 7) is 7.53. The van der Waals surface area contributed by atoms with Gasteiger partial charge in [-0.15, -0.1) is 0 Å². The molecule has 1 aliphatic heterocycles. The van der Waals surface area contributed by atoms with Crippen LogP contribution in [0.15, 0.2) is 17.2 Å². The largest absolute Gasteiger partial charge is 0.336 e. The number of imidazole rings is 1. The number of piperidine rings is 1. The highest BCUT2D eigenvalue weighted by atomic mass is 16.2. The molecule has 27 heavy (non-hydrogen) atoms. The van der Waals surface area contributed by atoms with Gasteiger partial charge in [-0.1, -0.05) is 20.8 Å². The number of nitrogens with one attached hydrogen (secondary N) is 1. The third-order valence-electron chi connectivity index (χ3n) is 6.10. The number of hydrogen-bond acceptors (Lipinski definition) is 4. The molecule has 3 heterocycles. The van der Waals surface area contributed by atoms with Crippen molar-refractivity contribution in [3.8, 4) is 0 Å². The third kappa shape index (κ3) is 2.89. The number of carbonyl (C=O) groups is 1. The van der Waals surface area contributed by atoms with Crippen LogP contribution in [0.3, 0.4) is 0 Å². The molecule has 0 bridgehead atoms. The number of rotatable bonds is 1. The van der Waals surface area contributed by atoms with Gasteiger partial charge in [0, 0.05) is 48.9 Å². The van der Waals surface area contributed by atoms with Crippen LogP contribution in [-0.4, -0.2) is 43.4 Å². The number of aromatic amines is 1. The molecule has 1 saturated heterocycles. The molecule has 2 aromatic heterocycles. The summed E-state index contributed by atoms with van der Waals surface area (Å²) in [7, 11) is 1.84. The molecular formula is C20H27N5O2. The van der Waals surface area contributed by atoms with Crippen molar-refractivity contribution in [3.05, 3.63) is 45.7 Å². The Morgan fingerprint density at radius 1 is 1.22 bits per heavy atom. The van der Waals surface area contributed by atoms with Crippen molar-refractivity contribution in [3.63, 3.8) is 0 Å². The number of nitrogens with zero attached hydrogens (tertiary/aromatic N) is 4. The number of H-pyrrole nitrogens is 1. The van der Waals surface area contributed by atoms with Crippen LogP contribution >= 0.6 is 0 Å².